The van der Waals surface area contributed by atoms with E-state index in [4.69, 9.17) is 0 Å². The Labute approximate surface area is 120 Å². The molecule has 114 valence electrons. The van der Waals surface area contributed by atoms with Gasteiger partial charge in [-0.05, 0) is 66.0 Å². The summed E-state index contributed by atoms with van der Waals surface area (Å²) in [6.45, 7) is 9.45. The fourth-order valence-electron chi connectivity index (χ4n) is 2.85. The Morgan fingerprint density at radius 2 is 1.74 bits per heavy atom. The molecule has 0 unspecified atom stereocenters. The summed E-state index contributed by atoms with van der Waals surface area (Å²) in [7, 11) is 4.55. The van der Waals surface area contributed by atoms with E-state index < -0.39 is 0 Å². The van der Waals surface area contributed by atoms with Crippen LogP contribution < -0.4 is 5.32 Å². The highest BCUT2D eigenvalue weighted by Gasteiger charge is 2.19. The Kier molecular flexibility index (Phi) is 8.67. The first-order valence-electron chi connectivity index (χ1n) is 8.21. The molecule has 0 radical (unpaired) electrons. The molecule has 19 heavy (non-hydrogen) atoms. The molecule has 3 nitrogen and oxygen atoms in total. The molecule has 1 saturated heterocycles. The topological polar surface area (TPSA) is 18.5 Å². The third-order valence-electron chi connectivity index (χ3n) is 4.30. The highest BCUT2D eigenvalue weighted by Crippen LogP contribution is 2.14. The molecule has 1 heterocycles. The van der Waals surface area contributed by atoms with Crippen molar-refractivity contribution in [1.82, 2.24) is 15.1 Å². The Bertz CT molecular complexity index is 210. The van der Waals surface area contributed by atoms with Gasteiger partial charge < -0.3 is 15.1 Å². The molecule has 0 aromatic heterocycles. The van der Waals surface area contributed by atoms with Gasteiger partial charge in [-0.2, -0.15) is 0 Å². The van der Waals surface area contributed by atoms with Crippen LogP contribution in [0.15, 0.2) is 0 Å². The smallest absolute Gasteiger partial charge is 0.0117 e. The first-order chi connectivity index (χ1) is 9.09. The summed E-state index contributed by atoms with van der Waals surface area (Å²) in [6, 6.07) is 1.47. The van der Waals surface area contributed by atoms with Crippen LogP contribution in [-0.4, -0.2) is 62.2 Å². The molecular weight excluding hydrogens is 234 g/mol. The second kappa shape index (κ2) is 9.73. The molecule has 1 aliphatic rings. The van der Waals surface area contributed by atoms with Crippen molar-refractivity contribution in [3.63, 3.8) is 0 Å². The van der Waals surface area contributed by atoms with Crippen molar-refractivity contribution in [1.29, 1.82) is 0 Å². The number of hydrogen-bond acceptors (Lipinski definition) is 3. The molecule has 0 amide bonds. The van der Waals surface area contributed by atoms with E-state index in [1.54, 1.807) is 0 Å². The molecule has 0 spiro atoms. The minimum Gasteiger partial charge on any atom is -0.315 e. The largest absolute Gasteiger partial charge is 0.315 e. The molecule has 0 bridgehead atoms. The molecule has 0 aliphatic carbocycles. The quantitative estimate of drug-likeness (QED) is 0.649. The lowest BCUT2D eigenvalue weighted by Crippen LogP contribution is -2.42. The van der Waals surface area contributed by atoms with E-state index in [2.05, 4.69) is 43.1 Å². The minimum atomic E-state index is 0.635. The van der Waals surface area contributed by atoms with Crippen LogP contribution in [0.4, 0.5) is 0 Å². The van der Waals surface area contributed by atoms with Gasteiger partial charge in [0.1, 0.15) is 0 Å². The van der Waals surface area contributed by atoms with Gasteiger partial charge in [0.15, 0.2) is 0 Å². The molecule has 3 heteroatoms. The van der Waals surface area contributed by atoms with Gasteiger partial charge in [0.25, 0.3) is 0 Å². The summed E-state index contributed by atoms with van der Waals surface area (Å²) in [5.74, 6) is 0. The zero-order valence-corrected chi connectivity index (χ0v) is 13.6. The maximum absolute atomic E-state index is 3.49. The van der Waals surface area contributed by atoms with Crippen molar-refractivity contribution in [2.75, 3.05) is 40.3 Å². The number of nitrogens with one attached hydrogen (secondary N) is 1. The fourth-order valence-corrected chi connectivity index (χ4v) is 2.85. The number of unbranched alkanes of at least 4 members (excludes halogenated alkanes) is 3. The van der Waals surface area contributed by atoms with E-state index >= 15 is 0 Å². The lowest BCUT2D eigenvalue weighted by atomic mass is 10.0. The number of piperidine rings is 1. The van der Waals surface area contributed by atoms with E-state index in [1.165, 1.54) is 64.7 Å². The highest BCUT2D eigenvalue weighted by molar-refractivity contribution is 4.76. The SMILES string of the molecule is CC(C)NCCCCCCN(C)C1CCN(C)CC1. The van der Waals surface area contributed by atoms with Crippen LogP contribution in [0.25, 0.3) is 0 Å². The zero-order chi connectivity index (χ0) is 14.1. The van der Waals surface area contributed by atoms with E-state index in [-0.39, 0.29) is 0 Å². The molecule has 1 N–H and O–H groups in total. The molecule has 1 rings (SSSR count). The van der Waals surface area contributed by atoms with Crippen LogP contribution in [0.3, 0.4) is 0 Å². The number of nitrogens with zero attached hydrogens (tertiary/aromatic N) is 2. The zero-order valence-electron chi connectivity index (χ0n) is 13.6. The number of hydrogen-bond donors (Lipinski definition) is 1. The van der Waals surface area contributed by atoms with Gasteiger partial charge in [0.2, 0.25) is 0 Å². The second-order valence-electron chi connectivity index (χ2n) is 6.54. The van der Waals surface area contributed by atoms with Crippen LogP contribution in [-0.2, 0) is 0 Å². The van der Waals surface area contributed by atoms with Crippen molar-refractivity contribution in [2.45, 2.75) is 64.5 Å². The Morgan fingerprint density at radius 1 is 1.11 bits per heavy atom. The number of likely N-dealkylation sites (tertiary alicyclic amines) is 1. The van der Waals surface area contributed by atoms with Crippen LogP contribution in [0.1, 0.15) is 52.4 Å². The van der Waals surface area contributed by atoms with Crippen LogP contribution in [0, 0.1) is 0 Å². The van der Waals surface area contributed by atoms with Crippen molar-refractivity contribution < 1.29 is 0 Å². The Hall–Kier alpha value is -0.120. The summed E-state index contributed by atoms with van der Waals surface area (Å²) >= 11 is 0. The van der Waals surface area contributed by atoms with E-state index in [0.717, 1.165) is 6.04 Å². The molecule has 0 aromatic carbocycles. The monoisotopic (exact) mass is 269 g/mol. The van der Waals surface area contributed by atoms with Gasteiger partial charge >= 0.3 is 0 Å². The van der Waals surface area contributed by atoms with Crippen LogP contribution in [0.2, 0.25) is 0 Å². The van der Waals surface area contributed by atoms with Gasteiger partial charge in [-0.25, -0.2) is 0 Å². The first-order valence-corrected chi connectivity index (χ1v) is 8.21. The molecule has 0 saturated carbocycles. The minimum absolute atomic E-state index is 0.635. The normalized spacial score (nSPS) is 18.6. The summed E-state index contributed by atoms with van der Waals surface area (Å²) in [5.41, 5.74) is 0. The Morgan fingerprint density at radius 3 is 2.37 bits per heavy atom. The van der Waals surface area contributed by atoms with Crippen molar-refractivity contribution in [3.05, 3.63) is 0 Å². The molecule has 0 aromatic rings. The average Bonchev–Trinajstić information content (AvgIpc) is 2.38. The maximum Gasteiger partial charge on any atom is 0.0117 e. The summed E-state index contributed by atoms with van der Waals surface area (Å²) < 4.78 is 0. The lowest BCUT2D eigenvalue weighted by molar-refractivity contribution is 0.142. The summed E-state index contributed by atoms with van der Waals surface area (Å²) in [4.78, 5) is 5.05. The van der Waals surface area contributed by atoms with Crippen LogP contribution >= 0.6 is 0 Å². The van der Waals surface area contributed by atoms with Crippen molar-refractivity contribution in [3.8, 4) is 0 Å². The Balaban J connectivity index is 1.94. The average molecular weight is 269 g/mol. The maximum atomic E-state index is 3.49. The number of rotatable bonds is 9. The molecule has 1 aliphatic heterocycles. The van der Waals surface area contributed by atoms with Gasteiger partial charge in [-0.1, -0.05) is 26.7 Å². The van der Waals surface area contributed by atoms with Gasteiger partial charge in [-0.15, -0.1) is 0 Å². The lowest BCUT2D eigenvalue weighted by Gasteiger charge is -2.35. The second-order valence-corrected chi connectivity index (χ2v) is 6.54. The summed E-state index contributed by atoms with van der Waals surface area (Å²) in [6.07, 6.45) is 8.16. The van der Waals surface area contributed by atoms with E-state index in [1.807, 2.05) is 0 Å². The highest BCUT2D eigenvalue weighted by atomic mass is 15.2. The predicted octanol–water partition coefficient (Wildman–Crippen LogP) is 2.57. The van der Waals surface area contributed by atoms with Gasteiger partial charge in [0, 0.05) is 12.1 Å². The molecule has 0 atom stereocenters. The molecular formula is C16H35N3. The van der Waals surface area contributed by atoms with Gasteiger partial charge in [-0.3, -0.25) is 0 Å². The van der Waals surface area contributed by atoms with Crippen molar-refractivity contribution >= 4 is 0 Å². The van der Waals surface area contributed by atoms with E-state index in [0.29, 0.717) is 6.04 Å². The third-order valence-corrected chi connectivity index (χ3v) is 4.30. The van der Waals surface area contributed by atoms with E-state index in [9.17, 15) is 0 Å². The standard InChI is InChI=1S/C16H35N3/c1-15(2)17-11-7-5-6-8-12-19(4)16-9-13-18(3)14-10-16/h15-17H,5-14H2,1-4H3. The molecule has 1 fully saturated rings. The first kappa shape index (κ1) is 16.9. The third kappa shape index (κ3) is 7.91. The predicted molar refractivity (Wildman–Crippen MR) is 84.8 cm³/mol. The van der Waals surface area contributed by atoms with Gasteiger partial charge in [0.05, 0.1) is 0 Å². The van der Waals surface area contributed by atoms with Crippen molar-refractivity contribution in [2.24, 2.45) is 0 Å². The van der Waals surface area contributed by atoms with Crippen LogP contribution in [0.5, 0.6) is 0 Å². The fraction of sp³-hybridized carbons (Fsp3) is 1.00. The summed E-state index contributed by atoms with van der Waals surface area (Å²) in [5, 5.41) is 3.49.